The average Bonchev–Trinajstić information content (AvgIpc) is 3.15. The van der Waals surface area contributed by atoms with Gasteiger partial charge in [-0.05, 0) is 48.4 Å². The van der Waals surface area contributed by atoms with Gasteiger partial charge in [0.15, 0.2) is 0 Å². The number of rotatable bonds is 6. The van der Waals surface area contributed by atoms with E-state index < -0.39 is 6.36 Å². The molecule has 29 heavy (non-hydrogen) atoms. The van der Waals surface area contributed by atoms with E-state index in [-0.39, 0.29) is 11.7 Å². The van der Waals surface area contributed by atoms with Crippen molar-refractivity contribution in [1.29, 1.82) is 0 Å². The quantitative estimate of drug-likeness (QED) is 0.333. The van der Waals surface area contributed by atoms with Gasteiger partial charge in [0.05, 0.1) is 0 Å². The van der Waals surface area contributed by atoms with Gasteiger partial charge in [0.2, 0.25) is 0 Å². The summed E-state index contributed by atoms with van der Waals surface area (Å²) in [5, 5.41) is 4.48. The van der Waals surface area contributed by atoms with E-state index in [1.165, 1.54) is 18.2 Å². The number of halogens is 4. The van der Waals surface area contributed by atoms with E-state index in [4.69, 9.17) is 0 Å². The first-order chi connectivity index (χ1) is 13.8. The van der Waals surface area contributed by atoms with Crippen LogP contribution in [0.2, 0.25) is 0 Å². The molecule has 1 heterocycles. The van der Waals surface area contributed by atoms with Gasteiger partial charge in [0, 0.05) is 34.5 Å². The van der Waals surface area contributed by atoms with E-state index >= 15 is 0 Å². The Morgan fingerprint density at radius 1 is 1.17 bits per heavy atom. The molecule has 1 aromatic heterocycles. The van der Waals surface area contributed by atoms with E-state index in [2.05, 4.69) is 37.9 Å². The number of unbranched alkanes of at least 4 members (excludes halogenated alkanes) is 1. The summed E-state index contributed by atoms with van der Waals surface area (Å²) in [7, 11) is 0. The number of hydrogen-bond donors (Lipinski definition) is 2. The van der Waals surface area contributed by atoms with Crippen LogP contribution in [0.1, 0.15) is 35.7 Å². The number of carbonyl (C=O) groups excluding carboxylic acids is 1. The molecular weight excluding hydrogens is 449 g/mol. The first-order valence-corrected chi connectivity index (χ1v) is 10.2. The lowest BCUT2D eigenvalue weighted by Crippen LogP contribution is -2.24. The molecule has 3 rings (SSSR count). The van der Waals surface area contributed by atoms with Gasteiger partial charge >= 0.3 is 6.36 Å². The van der Waals surface area contributed by atoms with Gasteiger partial charge in [-0.15, -0.1) is 13.2 Å². The van der Waals surface area contributed by atoms with Crippen LogP contribution < -0.4 is 10.1 Å². The maximum absolute atomic E-state index is 11.8. The number of nitrogens with one attached hydrogen (secondary N) is 2. The molecule has 0 radical (unpaired) electrons. The highest BCUT2D eigenvalue weighted by atomic mass is 79.9. The molecule has 0 unspecified atom stereocenters. The van der Waals surface area contributed by atoms with Gasteiger partial charge in [-0.3, -0.25) is 4.79 Å². The molecule has 0 aliphatic carbocycles. The summed E-state index contributed by atoms with van der Waals surface area (Å²) >= 11 is 3.13. The van der Waals surface area contributed by atoms with Crippen LogP contribution >= 0.6 is 15.9 Å². The van der Waals surface area contributed by atoms with Crippen molar-refractivity contribution in [3.63, 3.8) is 0 Å². The number of alkyl halides is 4. The zero-order valence-electron chi connectivity index (χ0n) is 15.9. The maximum atomic E-state index is 11.8. The number of H-pyrrole nitrogens is 1. The van der Waals surface area contributed by atoms with Crippen molar-refractivity contribution in [2.45, 2.75) is 31.5 Å². The van der Waals surface area contributed by atoms with Crippen molar-refractivity contribution in [3.8, 4) is 5.75 Å². The summed E-state index contributed by atoms with van der Waals surface area (Å²) in [6, 6.07) is 13.5. The fourth-order valence-corrected chi connectivity index (χ4v) is 2.85. The lowest BCUT2D eigenvalue weighted by Gasteiger charge is -2.08. The monoisotopic (exact) mass is 470 g/mol. The zero-order valence-corrected chi connectivity index (χ0v) is 17.4. The van der Waals surface area contributed by atoms with Crippen LogP contribution in [0.15, 0.2) is 54.7 Å². The molecule has 8 heteroatoms. The van der Waals surface area contributed by atoms with Crippen LogP contribution in [-0.4, -0.2) is 23.8 Å². The fourth-order valence-electron chi connectivity index (χ4n) is 2.50. The molecule has 0 saturated carbocycles. The van der Waals surface area contributed by atoms with Gasteiger partial charge in [0.25, 0.3) is 5.91 Å². The number of hydrogen-bond acceptors (Lipinski definition) is 2. The molecule has 0 saturated heterocycles. The minimum atomic E-state index is -4.62. The highest BCUT2D eigenvalue weighted by molar-refractivity contribution is 9.08. The summed E-state index contributed by atoms with van der Waals surface area (Å²) in [4.78, 5) is 14.9. The van der Waals surface area contributed by atoms with Crippen molar-refractivity contribution in [2.24, 2.45) is 0 Å². The Labute approximate surface area is 175 Å². The normalized spacial score (nSPS) is 10.9. The van der Waals surface area contributed by atoms with Crippen LogP contribution in [0, 0.1) is 0 Å². The lowest BCUT2D eigenvalue weighted by atomic mass is 10.1. The minimum Gasteiger partial charge on any atom is -0.406 e. The molecule has 2 aromatic carbocycles. The van der Waals surface area contributed by atoms with Crippen molar-refractivity contribution in [1.82, 2.24) is 10.3 Å². The highest BCUT2D eigenvalue weighted by Gasteiger charge is 2.31. The summed E-state index contributed by atoms with van der Waals surface area (Å²) < 4.78 is 39.0. The van der Waals surface area contributed by atoms with Crippen molar-refractivity contribution < 1.29 is 22.7 Å². The Morgan fingerprint density at radius 2 is 1.97 bits per heavy atom. The molecule has 156 valence electrons. The van der Waals surface area contributed by atoms with Crippen LogP contribution in [0.25, 0.3) is 10.9 Å². The van der Waals surface area contributed by atoms with Crippen molar-refractivity contribution in [2.75, 3.05) is 6.54 Å². The number of benzene rings is 2. The fraction of sp³-hybridized carbons (Fsp3) is 0.286. The van der Waals surface area contributed by atoms with Crippen LogP contribution in [0.5, 0.6) is 5.75 Å². The summed E-state index contributed by atoms with van der Waals surface area (Å²) in [5.74, 6) is -0.180. The standard InChI is InChI=1S/C13H16N2O.C8H6BrF3O/c1-2-3-7-15-13(16)11-4-5-12-10(9-11)6-8-14-12;9-5-6-2-1-3-7(4-6)13-8(10,11)12/h4-6,8-9,14H,2-3,7H2,1H3,(H,15,16);1-4H,5H2. The van der Waals surface area contributed by atoms with E-state index in [1.807, 2.05) is 30.5 Å². The zero-order chi connectivity index (χ0) is 21.3. The molecule has 1 amide bonds. The van der Waals surface area contributed by atoms with Gasteiger partial charge < -0.3 is 15.0 Å². The molecule has 2 N–H and O–H groups in total. The topological polar surface area (TPSA) is 54.1 Å². The average molecular weight is 471 g/mol. The van der Waals surface area contributed by atoms with Crippen molar-refractivity contribution >= 4 is 32.7 Å². The summed E-state index contributed by atoms with van der Waals surface area (Å²) in [5.41, 5.74) is 2.52. The lowest BCUT2D eigenvalue weighted by molar-refractivity contribution is -0.274. The number of fused-ring (bicyclic) bond motifs is 1. The van der Waals surface area contributed by atoms with Crippen LogP contribution in [0.4, 0.5) is 13.2 Å². The molecule has 4 nitrogen and oxygen atoms in total. The minimum absolute atomic E-state index is 0.0107. The molecule has 0 aliphatic heterocycles. The third-order valence-electron chi connectivity index (χ3n) is 3.92. The van der Waals surface area contributed by atoms with E-state index in [0.29, 0.717) is 5.33 Å². The number of amides is 1. The van der Waals surface area contributed by atoms with Gasteiger partial charge in [-0.1, -0.05) is 41.4 Å². The predicted octanol–water partition coefficient (Wildman–Crippen LogP) is 6.18. The molecule has 3 aromatic rings. The Balaban J connectivity index is 0.000000212. The first kappa shape index (κ1) is 22.8. The maximum Gasteiger partial charge on any atom is 0.573 e. The number of aromatic amines is 1. The second kappa shape index (κ2) is 10.9. The molecule has 0 bridgehead atoms. The van der Waals surface area contributed by atoms with Crippen LogP contribution in [-0.2, 0) is 5.33 Å². The second-order valence-electron chi connectivity index (χ2n) is 6.22. The molecule has 0 atom stereocenters. The van der Waals surface area contributed by atoms with Gasteiger partial charge in [0.1, 0.15) is 5.75 Å². The third kappa shape index (κ3) is 7.81. The largest absolute Gasteiger partial charge is 0.573 e. The van der Waals surface area contributed by atoms with E-state index in [1.54, 1.807) is 6.07 Å². The number of carbonyl (C=O) groups is 1. The molecule has 0 aliphatic rings. The van der Waals surface area contributed by atoms with Gasteiger partial charge in [-0.2, -0.15) is 0 Å². The van der Waals surface area contributed by atoms with E-state index in [0.717, 1.165) is 41.4 Å². The second-order valence-corrected chi connectivity index (χ2v) is 6.78. The van der Waals surface area contributed by atoms with Crippen LogP contribution in [0.3, 0.4) is 0 Å². The Kier molecular flexibility index (Phi) is 8.57. The smallest absolute Gasteiger partial charge is 0.406 e. The summed E-state index contributed by atoms with van der Waals surface area (Å²) in [6.07, 6.45) is -0.621. The Morgan fingerprint density at radius 3 is 2.66 bits per heavy atom. The molecular formula is C21H22BrF3N2O2. The van der Waals surface area contributed by atoms with Crippen molar-refractivity contribution in [3.05, 3.63) is 65.9 Å². The van der Waals surface area contributed by atoms with E-state index in [9.17, 15) is 18.0 Å². The van der Waals surface area contributed by atoms with Gasteiger partial charge in [-0.25, -0.2) is 0 Å². The SMILES string of the molecule is CCCCNC(=O)c1ccc2[nH]ccc2c1.FC(F)(F)Oc1cccc(CBr)c1. The Hall–Kier alpha value is -2.48. The Bertz CT molecular complexity index is 925. The predicted molar refractivity (Wildman–Crippen MR) is 111 cm³/mol. The molecule has 0 fully saturated rings. The highest BCUT2D eigenvalue weighted by Crippen LogP contribution is 2.23. The number of ether oxygens (including phenoxy) is 1. The first-order valence-electron chi connectivity index (χ1n) is 9.08. The molecule has 0 spiro atoms. The summed E-state index contributed by atoms with van der Waals surface area (Å²) in [6.45, 7) is 2.86. The number of aromatic nitrogens is 1. The third-order valence-corrected chi connectivity index (χ3v) is 4.57.